The van der Waals surface area contributed by atoms with Crippen molar-refractivity contribution >= 4 is 16.9 Å². The maximum atomic E-state index is 13.1. The molecule has 0 saturated heterocycles. The lowest BCUT2D eigenvalue weighted by Crippen LogP contribution is -2.31. The van der Waals surface area contributed by atoms with E-state index in [1.165, 1.54) is 5.56 Å². The zero-order valence-corrected chi connectivity index (χ0v) is 16.1. The van der Waals surface area contributed by atoms with Crippen LogP contribution in [0.15, 0.2) is 53.3 Å². The topological polar surface area (TPSA) is 48.3 Å². The van der Waals surface area contributed by atoms with Gasteiger partial charge in [-0.25, -0.2) is 0 Å². The van der Waals surface area contributed by atoms with Gasteiger partial charge in [0.15, 0.2) is 0 Å². The van der Waals surface area contributed by atoms with Crippen molar-refractivity contribution in [3.8, 4) is 5.75 Å². The van der Waals surface area contributed by atoms with E-state index in [0.717, 1.165) is 16.5 Å². The SMILES string of the molecule is Cn1c(=O)c2c(c3ccccc31)OC(=O)C[C@@H]2c1ccc(C(C)(C)C)cc1. The van der Waals surface area contributed by atoms with Crippen LogP contribution in [0.5, 0.6) is 5.75 Å². The molecule has 3 aromatic rings. The molecule has 0 saturated carbocycles. The summed E-state index contributed by atoms with van der Waals surface area (Å²) in [6, 6.07) is 15.8. The second kappa shape index (κ2) is 6.08. The third-order valence-corrected chi connectivity index (χ3v) is 5.40. The molecule has 1 atom stereocenters. The van der Waals surface area contributed by atoms with Crippen molar-refractivity contribution in [3.63, 3.8) is 0 Å². The van der Waals surface area contributed by atoms with Crippen molar-refractivity contribution in [2.45, 2.75) is 38.5 Å². The van der Waals surface area contributed by atoms with E-state index in [0.29, 0.717) is 11.3 Å². The van der Waals surface area contributed by atoms with Crippen LogP contribution >= 0.6 is 0 Å². The van der Waals surface area contributed by atoms with E-state index < -0.39 is 0 Å². The highest BCUT2D eigenvalue weighted by Gasteiger charge is 2.33. The van der Waals surface area contributed by atoms with Gasteiger partial charge in [-0.3, -0.25) is 9.59 Å². The molecular weight excluding hydrogens is 338 g/mol. The summed E-state index contributed by atoms with van der Waals surface area (Å²) in [4.78, 5) is 25.5. The van der Waals surface area contributed by atoms with Gasteiger partial charge in [0.2, 0.25) is 0 Å². The van der Waals surface area contributed by atoms with E-state index in [4.69, 9.17) is 4.74 Å². The fourth-order valence-corrected chi connectivity index (χ4v) is 3.83. The predicted molar refractivity (Wildman–Crippen MR) is 106 cm³/mol. The standard InChI is InChI=1S/C23H23NO3/c1-23(2,3)15-11-9-14(10-12-15)17-13-19(25)27-21-16-7-5-6-8-18(16)24(4)22(26)20(17)21/h5-12,17H,13H2,1-4H3/t17-/m1/s1. The number of carbonyl (C=O) groups is 1. The summed E-state index contributed by atoms with van der Waals surface area (Å²) in [6.45, 7) is 6.49. The quantitative estimate of drug-likeness (QED) is 0.608. The van der Waals surface area contributed by atoms with Gasteiger partial charge in [-0.2, -0.15) is 0 Å². The maximum absolute atomic E-state index is 13.1. The molecule has 0 spiro atoms. The van der Waals surface area contributed by atoms with Crippen LogP contribution < -0.4 is 10.3 Å². The molecule has 0 fully saturated rings. The molecule has 0 unspecified atom stereocenters. The number of hydrogen-bond acceptors (Lipinski definition) is 3. The van der Waals surface area contributed by atoms with Crippen LogP contribution in [0.2, 0.25) is 0 Å². The molecule has 4 rings (SSSR count). The summed E-state index contributed by atoms with van der Waals surface area (Å²) in [6.07, 6.45) is 0.176. The third-order valence-electron chi connectivity index (χ3n) is 5.40. The van der Waals surface area contributed by atoms with Gasteiger partial charge in [-0.15, -0.1) is 0 Å². The highest BCUT2D eigenvalue weighted by molar-refractivity contribution is 5.91. The molecule has 1 aromatic heterocycles. The normalized spacial score (nSPS) is 16.9. The number of para-hydroxylation sites is 1. The molecule has 0 radical (unpaired) electrons. The van der Waals surface area contributed by atoms with Crippen LogP contribution in [0, 0.1) is 0 Å². The van der Waals surface area contributed by atoms with Crippen molar-refractivity contribution in [2.24, 2.45) is 7.05 Å². The summed E-state index contributed by atoms with van der Waals surface area (Å²) < 4.78 is 7.20. The van der Waals surface area contributed by atoms with Crippen molar-refractivity contribution in [1.29, 1.82) is 0 Å². The van der Waals surface area contributed by atoms with Crippen LogP contribution in [-0.2, 0) is 17.3 Å². The van der Waals surface area contributed by atoms with Crippen LogP contribution in [0.3, 0.4) is 0 Å². The molecule has 4 nitrogen and oxygen atoms in total. The van der Waals surface area contributed by atoms with Gasteiger partial charge >= 0.3 is 5.97 Å². The van der Waals surface area contributed by atoms with Crippen LogP contribution in [-0.4, -0.2) is 10.5 Å². The number of hydrogen-bond donors (Lipinski definition) is 0. The molecular formula is C23H23NO3. The Morgan fingerprint density at radius 1 is 1.00 bits per heavy atom. The van der Waals surface area contributed by atoms with Crippen molar-refractivity contribution < 1.29 is 9.53 Å². The Balaban J connectivity index is 1.94. The molecule has 138 valence electrons. The number of ether oxygens (including phenoxy) is 1. The fraction of sp³-hybridized carbons (Fsp3) is 0.304. The van der Waals surface area contributed by atoms with E-state index in [1.54, 1.807) is 11.6 Å². The van der Waals surface area contributed by atoms with Gasteiger partial charge in [-0.1, -0.05) is 57.2 Å². The first kappa shape index (κ1) is 17.5. The van der Waals surface area contributed by atoms with Gasteiger partial charge in [0.25, 0.3) is 5.56 Å². The first-order chi connectivity index (χ1) is 12.8. The number of aryl methyl sites for hydroxylation is 1. The largest absolute Gasteiger partial charge is 0.425 e. The summed E-state index contributed by atoms with van der Waals surface area (Å²) in [5, 5.41) is 0.791. The predicted octanol–water partition coefficient (Wildman–Crippen LogP) is 4.28. The Morgan fingerprint density at radius 2 is 1.67 bits per heavy atom. The second-order valence-corrected chi connectivity index (χ2v) is 8.23. The molecule has 2 heterocycles. The summed E-state index contributed by atoms with van der Waals surface area (Å²) in [5.41, 5.74) is 3.46. The van der Waals surface area contributed by atoms with Gasteiger partial charge in [0.05, 0.1) is 17.5 Å². The van der Waals surface area contributed by atoms with Crippen LogP contribution in [0.25, 0.3) is 10.9 Å². The smallest absolute Gasteiger partial charge is 0.312 e. The number of rotatable bonds is 1. The minimum atomic E-state index is -0.300. The Kier molecular flexibility index (Phi) is 3.95. The molecule has 0 amide bonds. The van der Waals surface area contributed by atoms with Gasteiger partial charge in [0.1, 0.15) is 5.75 Å². The zero-order chi connectivity index (χ0) is 19.3. The summed E-state index contributed by atoms with van der Waals surface area (Å²) >= 11 is 0. The fourth-order valence-electron chi connectivity index (χ4n) is 3.83. The van der Waals surface area contributed by atoms with E-state index >= 15 is 0 Å². The number of aromatic nitrogens is 1. The lowest BCUT2D eigenvalue weighted by Gasteiger charge is -2.27. The molecule has 1 aliphatic rings. The number of carbonyl (C=O) groups excluding carboxylic acids is 1. The number of benzene rings is 2. The van der Waals surface area contributed by atoms with Crippen molar-refractivity contribution in [1.82, 2.24) is 4.57 Å². The van der Waals surface area contributed by atoms with Crippen molar-refractivity contribution in [2.75, 3.05) is 0 Å². The Morgan fingerprint density at radius 3 is 2.33 bits per heavy atom. The summed E-state index contributed by atoms with van der Waals surface area (Å²) in [5.74, 6) is -0.181. The minimum absolute atomic E-state index is 0.0499. The lowest BCUT2D eigenvalue weighted by molar-refractivity contribution is -0.135. The molecule has 4 heteroatoms. The number of pyridine rings is 1. The Hall–Kier alpha value is -2.88. The van der Waals surface area contributed by atoms with Gasteiger partial charge in [0, 0.05) is 18.4 Å². The lowest BCUT2D eigenvalue weighted by atomic mass is 9.82. The maximum Gasteiger partial charge on any atom is 0.312 e. The van der Waals surface area contributed by atoms with Gasteiger partial charge < -0.3 is 9.30 Å². The van der Waals surface area contributed by atoms with E-state index in [2.05, 4.69) is 32.9 Å². The Labute approximate surface area is 158 Å². The molecule has 0 aliphatic carbocycles. The zero-order valence-electron chi connectivity index (χ0n) is 16.1. The Bertz CT molecular complexity index is 1100. The first-order valence-corrected chi connectivity index (χ1v) is 9.20. The number of esters is 1. The van der Waals surface area contributed by atoms with Crippen LogP contribution in [0.1, 0.15) is 49.8 Å². The van der Waals surface area contributed by atoms with E-state index in [-0.39, 0.29) is 29.3 Å². The number of fused-ring (bicyclic) bond motifs is 3. The minimum Gasteiger partial charge on any atom is -0.425 e. The summed E-state index contributed by atoms with van der Waals surface area (Å²) in [7, 11) is 1.77. The average Bonchev–Trinajstić information content (AvgIpc) is 2.65. The first-order valence-electron chi connectivity index (χ1n) is 9.20. The van der Waals surface area contributed by atoms with Crippen molar-refractivity contribution in [3.05, 3.63) is 75.6 Å². The molecule has 2 aromatic carbocycles. The molecule has 27 heavy (non-hydrogen) atoms. The monoisotopic (exact) mass is 361 g/mol. The third kappa shape index (κ3) is 2.85. The molecule has 0 bridgehead atoms. The van der Waals surface area contributed by atoms with E-state index in [1.807, 2.05) is 36.4 Å². The van der Waals surface area contributed by atoms with E-state index in [9.17, 15) is 9.59 Å². The van der Waals surface area contributed by atoms with Crippen LogP contribution in [0.4, 0.5) is 0 Å². The average molecular weight is 361 g/mol. The highest BCUT2D eigenvalue weighted by Crippen LogP contribution is 2.40. The molecule has 1 aliphatic heterocycles. The highest BCUT2D eigenvalue weighted by atomic mass is 16.5. The molecule has 0 N–H and O–H groups in total. The number of nitrogens with zero attached hydrogens (tertiary/aromatic N) is 1. The second-order valence-electron chi connectivity index (χ2n) is 8.23. The van der Waals surface area contributed by atoms with Gasteiger partial charge in [-0.05, 0) is 28.7 Å².